The predicted octanol–water partition coefficient (Wildman–Crippen LogP) is 10.7. The number of hydrogen-bond donors (Lipinski definition) is 0. The van der Waals surface area contributed by atoms with Gasteiger partial charge in [-0.1, -0.05) is 69.0 Å². The second-order valence-corrected chi connectivity index (χ2v) is 10.8. The predicted molar refractivity (Wildman–Crippen MR) is 139 cm³/mol. The van der Waals surface area contributed by atoms with Crippen molar-refractivity contribution in [1.82, 2.24) is 0 Å². The van der Waals surface area contributed by atoms with Gasteiger partial charge in [-0.3, -0.25) is 0 Å². The number of rotatable bonds is 8. The van der Waals surface area contributed by atoms with Crippen LogP contribution in [-0.4, -0.2) is 0 Å². The first-order valence-electron chi connectivity index (χ1n) is 12.6. The maximum absolute atomic E-state index is 14.9. The van der Waals surface area contributed by atoms with E-state index in [0.717, 1.165) is 23.6 Å². The van der Waals surface area contributed by atoms with Crippen molar-refractivity contribution in [3.8, 4) is 22.3 Å². The fourth-order valence-electron chi connectivity index (χ4n) is 5.34. The molecule has 0 nitrogen and oxygen atoms in total. The third-order valence-electron chi connectivity index (χ3n) is 7.38. The zero-order valence-electron chi connectivity index (χ0n) is 20.3. The summed E-state index contributed by atoms with van der Waals surface area (Å²) in [5, 5.41) is 0. The van der Waals surface area contributed by atoms with Crippen LogP contribution in [0, 0.1) is 23.4 Å². The van der Waals surface area contributed by atoms with Crippen molar-refractivity contribution in [2.75, 3.05) is 0 Å². The molecule has 3 aromatic rings. The minimum Gasteiger partial charge on any atom is -0.206 e. The van der Waals surface area contributed by atoms with Gasteiger partial charge in [-0.2, -0.15) is 8.78 Å². The molecule has 0 aliphatic heterocycles. The number of unbranched alkanes of at least 4 members (excludes halogenated alkanes) is 2. The Labute approximate surface area is 218 Å². The second kappa shape index (κ2) is 11.5. The zero-order chi connectivity index (χ0) is 25.9. The Bertz CT molecular complexity index is 1150. The van der Waals surface area contributed by atoms with Crippen LogP contribution in [0.5, 0.6) is 0 Å². The third kappa shape index (κ3) is 6.19. The van der Waals surface area contributed by atoms with Crippen LogP contribution in [-0.2, 0) is 4.83 Å². The lowest BCUT2D eigenvalue weighted by molar-refractivity contribution is 0.105. The van der Waals surface area contributed by atoms with Crippen LogP contribution in [0.4, 0.5) is 22.0 Å². The molecule has 4 rings (SSSR count). The van der Waals surface area contributed by atoms with Gasteiger partial charge in [-0.05, 0) is 93.9 Å². The molecule has 36 heavy (non-hydrogen) atoms. The SMILES string of the molecule is CCCCCC1CCC(c2ccc(-c3ccc(-c4cc(F)c(C(F)(F)Br)c(F)c4)c(F)c3)cc2)CC1. The van der Waals surface area contributed by atoms with Crippen LogP contribution in [0.1, 0.15) is 75.3 Å². The summed E-state index contributed by atoms with van der Waals surface area (Å²) < 4.78 is 70.1. The third-order valence-corrected chi connectivity index (χ3v) is 7.78. The molecule has 1 fully saturated rings. The number of alkyl halides is 3. The normalized spacial score (nSPS) is 18.4. The first kappa shape index (κ1) is 26.8. The molecular formula is C30H30BrF5. The fourth-order valence-corrected chi connectivity index (χ4v) is 5.72. The lowest BCUT2D eigenvalue weighted by Crippen LogP contribution is -2.13. The van der Waals surface area contributed by atoms with Crippen LogP contribution in [0.25, 0.3) is 22.3 Å². The molecule has 1 aliphatic rings. The Balaban J connectivity index is 1.46. The molecule has 1 aliphatic carbocycles. The standard InChI is InChI=1S/C30H30BrF5/c1-2-3-4-5-19-6-8-20(9-7-19)21-10-12-22(13-11-21)23-14-15-25(26(32)16-23)24-17-27(33)29(28(34)18-24)30(31,35)36/h10-20H,2-9H2,1H3. The van der Waals surface area contributed by atoms with Crippen LogP contribution in [0.3, 0.4) is 0 Å². The molecule has 1 saturated carbocycles. The lowest BCUT2D eigenvalue weighted by atomic mass is 9.77. The highest BCUT2D eigenvalue weighted by molar-refractivity contribution is 9.09. The molecule has 0 bridgehead atoms. The largest absolute Gasteiger partial charge is 0.332 e. The summed E-state index contributed by atoms with van der Waals surface area (Å²) in [6.45, 7) is 2.24. The first-order chi connectivity index (χ1) is 17.2. The summed E-state index contributed by atoms with van der Waals surface area (Å²) in [6, 6.07) is 14.0. The summed E-state index contributed by atoms with van der Waals surface area (Å²) in [5.74, 6) is -2.17. The molecule has 0 spiro atoms. The molecule has 0 atom stereocenters. The molecule has 0 aromatic heterocycles. The van der Waals surface area contributed by atoms with Gasteiger partial charge in [-0.15, -0.1) is 0 Å². The summed E-state index contributed by atoms with van der Waals surface area (Å²) in [7, 11) is 0. The Hall–Kier alpha value is -2.21. The van der Waals surface area contributed by atoms with E-state index >= 15 is 0 Å². The van der Waals surface area contributed by atoms with Crippen molar-refractivity contribution in [1.29, 1.82) is 0 Å². The van der Waals surface area contributed by atoms with Gasteiger partial charge >= 0.3 is 4.83 Å². The second-order valence-electron chi connectivity index (χ2n) is 9.84. The van der Waals surface area contributed by atoms with Crippen LogP contribution >= 0.6 is 15.9 Å². The van der Waals surface area contributed by atoms with Crippen molar-refractivity contribution in [2.24, 2.45) is 5.92 Å². The van der Waals surface area contributed by atoms with E-state index in [4.69, 9.17) is 0 Å². The number of benzene rings is 3. The zero-order valence-corrected chi connectivity index (χ0v) is 21.9. The minimum absolute atomic E-state index is 0.0618. The van der Waals surface area contributed by atoms with E-state index in [1.807, 2.05) is 28.1 Å². The maximum Gasteiger partial charge on any atom is 0.332 e. The molecular weight excluding hydrogens is 535 g/mol. The lowest BCUT2D eigenvalue weighted by Gasteiger charge is -2.29. The average Bonchev–Trinajstić information content (AvgIpc) is 2.83. The summed E-state index contributed by atoms with van der Waals surface area (Å²) in [5.41, 5.74) is 1.17. The Morgan fingerprint density at radius 3 is 1.89 bits per heavy atom. The van der Waals surface area contributed by atoms with Gasteiger partial charge in [-0.25, -0.2) is 13.2 Å². The van der Waals surface area contributed by atoms with E-state index in [9.17, 15) is 22.0 Å². The van der Waals surface area contributed by atoms with Gasteiger partial charge in [0, 0.05) is 5.56 Å². The van der Waals surface area contributed by atoms with Crippen molar-refractivity contribution in [3.05, 3.63) is 83.2 Å². The van der Waals surface area contributed by atoms with E-state index in [2.05, 4.69) is 19.1 Å². The fraction of sp³-hybridized carbons (Fsp3) is 0.400. The highest BCUT2D eigenvalue weighted by Gasteiger charge is 2.35. The average molecular weight is 565 g/mol. The highest BCUT2D eigenvalue weighted by atomic mass is 79.9. The van der Waals surface area contributed by atoms with Crippen LogP contribution in [0.2, 0.25) is 0 Å². The van der Waals surface area contributed by atoms with Crippen molar-refractivity contribution in [2.45, 2.75) is 69.0 Å². The number of halogens is 6. The molecule has 0 amide bonds. The summed E-state index contributed by atoms with van der Waals surface area (Å²) in [4.78, 5) is -3.86. The Kier molecular flexibility index (Phi) is 8.54. The summed E-state index contributed by atoms with van der Waals surface area (Å²) >= 11 is 1.98. The first-order valence-corrected chi connectivity index (χ1v) is 13.4. The molecule has 0 saturated heterocycles. The van der Waals surface area contributed by atoms with Gasteiger partial charge in [0.2, 0.25) is 0 Å². The molecule has 6 heteroatoms. The van der Waals surface area contributed by atoms with Gasteiger partial charge in [0.25, 0.3) is 0 Å². The molecule has 0 unspecified atom stereocenters. The van der Waals surface area contributed by atoms with Crippen molar-refractivity contribution < 1.29 is 22.0 Å². The van der Waals surface area contributed by atoms with Crippen LogP contribution < -0.4 is 0 Å². The van der Waals surface area contributed by atoms with Crippen LogP contribution in [0.15, 0.2) is 54.6 Å². The molecule has 192 valence electrons. The molecule has 0 N–H and O–H groups in total. The quantitative estimate of drug-likeness (QED) is 0.145. The van der Waals surface area contributed by atoms with E-state index in [-0.39, 0.29) is 11.1 Å². The van der Waals surface area contributed by atoms with Gasteiger partial charge in [0.05, 0.1) is 0 Å². The van der Waals surface area contributed by atoms with E-state index < -0.39 is 27.8 Å². The monoisotopic (exact) mass is 564 g/mol. The van der Waals surface area contributed by atoms with Crippen molar-refractivity contribution in [3.63, 3.8) is 0 Å². The highest BCUT2D eigenvalue weighted by Crippen LogP contribution is 2.41. The smallest absolute Gasteiger partial charge is 0.206 e. The van der Waals surface area contributed by atoms with E-state index in [1.54, 1.807) is 6.07 Å². The van der Waals surface area contributed by atoms with Gasteiger partial charge < -0.3 is 0 Å². The molecule has 0 heterocycles. The summed E-state index contributed by atoms with van der Waals surface area (Å²) in [6.07, 6.45) is 10.2. The topological polar surface area (TPSA) is 0 Å². The molecule has 3 aromatic carbocycles. The minimum atomic E-state index is -3.86. The maximum atomic E-state index is 14.9. The van der Waals surface area contributed by atoms with Crippen molar-refractivity contribution >= 4 is 15.9 Å². The van der Waals surface area contributed by atoms with E-state index in [1.165, 1.54) is 69.1 Å². The van der Waals surface area contributed by atoms with Gasteiger partial charge in [0.15, 0.2) is 0 Å². The Morgan fingerprint density at radius 1 is 0.750 bits per heavy atom. The number of hydrogen-bond acceptors (Lipinski definition) is 0. The van der Waals surface area contributed by atoms with Gasteiger partial charge in [0.1, 0.15) is 23.0 Å². The molecule has 0 radical (unpaired) electrons. The van der Waals surface area contributed by atoms with E-state index in [0.29, 0.717) is 11.5 Å². The Morgan fingerprint density at radius 2 is 1.33 bits per heavy atom.